The number of likely N-dealkylation sites (tertiary alicyclic amines) is 1. The van der Waals surface area contributed by atoms with E-state index in [-0.39, 0.29) is 5.91 Å². The van der Waals surface area contributed by atoms with Crippen molar-refractivity contribution in [3.63, 3.8) is 0 Å². The van der Waals surface area contributed by atoms with Crippen molar-refractivity contribution in [2.24, 2.45) is 7.05 Å². The normalized spacial score (nSPS) is 16.0. The largest absolute Gasteiger partial charge is 0.348 e. The van der Waals surface area contributed by atoms with Crippen LogP contribution in [0.2, 0.25) is 0 Å². The first-order chi connectivity index (χ1) is 11.7. The lowest BCUT2D eigenvalue weighted by Crippen LogP contribution is -2.38. The van der Waals surface area contributed by atoms with Crippen LogP contribution in [0, 0.1) is 0 Å². The van der Waals surface area contributed by atoms with E-state index in [1.54, 1.807) is 6.33 Å². The summed E-state index contributed by atoms with van der Waals surface area (Å²) in [4.78, 5) is 21.9. The summed E-state index contributed by atoms with van der Waals surface area (Å²) in [5.74, 6) is 0.647. The van der Waals surface area contributed by atoms with Gasteiger partial charge in [-0.05, 0) is 18.9 Å². The van der Waals surface area contributed by atoms with Gasteiger partial charge in [0.15, 0.2) is 0 Å². The number of rotatable bonds is 3. The first-order valence-corrected chi connectivity index (χ1v) is 8.39. The fraction of sp³-hybridized carbons (Fsp3) is 0.389. The van der Waals surface area contributed by atoms with Crippen LogP contribution < -0.4 is 0 Å². The minimum atomic E-state index is 0.168. The molecule has 124 valence electrons. The van der Waals surface area contributed by atoms with Crippen molar-refractivity contribution in [2.75, 3.05) is 13.1 Å². The number of benzene rings is 1. The zero-order valence-electron chi connectivity index (χ0n) is 13.8. The number of nitrogens with one attached hydrogen (secondary N) is 1. The van der Waals surface area contributed by atoms with Gasteiger partial charge in [-0.1, -0.05) is 18.2 Å². The highest BCUT2D eigenvalue weighted by molar-refractivity contribution is 5.87. The third-order valence-electron chi connectivity index (χ3n) is 4.96. The molecule has 3 heterocycles. The molecule has 0 bridgehead atoms. The molecule has 1 N–H and O–H groups in total. The van der Waals surface area contributed by atoms with E-state index in [0.29, 0.717) is 12.3 Å². The molecule has 0 unspecified atom stereocenters. The number of aryl methyl sites for hydroxylation is 1. The molecular formula is C18H21N5O. The number of imidazole rings is 1. The number of carbonyl (C=O) groups excluding carboxylic acids is 1. The molecule has 0 radical (unpaired) electrons. The van der Waals surface area contributed by atoms with Gasteiger partial charge in [-0.2, -0.15) is 5.10 Å². The number of amides is 1. The first-order valence-electron chi connectivity index (χ1n) is 8.39. The maximum Gasteiger partial charge on any atom is 0.228 e. The Kier molecular flexibility index (Phi) is 3.80. The predicted molar refractivity (Wildman–Crippen MR) is 91.6 cm³/mol. The van der Waals surface area contributed by atoms with Gasteiger partial charge in [-0.3, -0.25) is 9.48 Å². The summed E-state index contributed by atoms with van der Waals surface area (Å²) >= 11 is 0. The van der Waals surface area contributed by atoms with Crippen molar-refractivity contribution in [3.05, 3.63) is 48.2 Å². The lowest BCUT2D eigenvalue weighted by atomic mass is 9.94. The van der Waals surface area contributed by atoms with Crippen LogP contribution in [0.5, 0.6) is 0 Å². The van der Waals surface area contributed by atoms with E-state index in [4.69, 9.17) is 0 Å². The highest BCUT2D eigenvalue weighted by atomic mass is 16.2. The van der Waals surface area contributed by atoms with Crippen LogP contribution in [0.1, 0.15) is 30.1 Å². The Morgan fingerprint density at radius 2 is 2.08 bits per heavy atom. The molecule has 1 saturated heterocycles. The van der Waals surface area contributed by atoms with Gasteiger partial charge >= 0.3 is 0 Å². The molecule has 0 atom stereocenters. The van der Waals surface area contributed by atoms with Gasteiger partial charge in [-0.25, -0.2) is 4.98 Å². The number of hydrogen-bond donors (Lipinski definition) is 1. The lowest BCUT2D eigenvalue weighted by molar-refractivity contribution is -0.131. The Labute approximate surface area is 140 Å². The van der Waals surface area contributed by atoms with Gasteiger partial charge in [0.05, 0.1) is 24.0 Å². The van der Waals surface area contributed by atoms with E-state index < -0.39 is 0 Å². The van der Waals surface area contributed by atoms with Gasteiger partial charge in [-0.15, -0.1) is 0 Å². The number of aromatic nitrogens is 4. The highest BCUT2D eigenvalue weighted by Gasteiger charge is 2.25. The van der Waals surface area contributed by atoms with Crippen molar-refractivity contribution in [2.45, 2.75) is 25.2 Å². The van der Waals surface area contributed by atoms with Gasteiger partial charge in [0.25, 0.3) is 0 Å². The molecule has 6 nitrogen and oxygen atoms in total. The smallest absolute Gasteiger partial charge is 0.228 e. The van der Waals surface area contributed by atoms with Crippen LogP contribution in [0.15, 0.2) is 36.8 Å². The monoisotopic (exact) mass is 323 g/mol. The highest BCUT2D eigenvalue weighted by Crippen LogP contribution is 2.27. The topological polar surface area (TPSA) is 66.8 Å². The van der Waals surface area contributed by atoms with Crippen molar-refractivity contribution in [1.82, 2.24) is 24.6 Å². The first kappa shape index (κ1) is 14.9. The van der Waals surface area contributed by atoms with Crippen LogP contribution in [-0.4, -0.2) is 43.6 Å². The van der Waals surface area contributed by atoms with E-state index in [2.05, 4.69) is 15.1 Å². The predicted octanol–water partition coefficient (Wildman–Crippen LogP) is 2.25. The number of aromatic amines is 1. The Balaban J connectivity index is 1.43. The SMILES string of the molecule is Cn1nc(CC(=O)N2CCC(c3cnc[nH]3)CC2)c2ccccc21. The van der Waals surface area contributed by atoms with Gasteiger partial charge in [0.2, 0.25) is 5.91 Å². The Morgan fingerprint density at radius 1 is 1.29 bits per heavy atom. The maximum atomic E-state index is 12.7. The maximum absolute atomic E-state index is 12.7. The minimum absolute atomic E-state index is 0.168. The summed E-state index contributed by atoms with van der Waals surface area (Å²) in [5.41, 5.74) is 3.12. The summed E-state index contributed by atoms with van der Waals surface area (Å²) in [5, 5.41) is 5.61. The Morgan fingerprint density at radius 3 is 2.83 bits per heavy atom. The molecule has 1 aromatic carbocycles. The van der Waals surface area contributed by atoms with E-state index >= 15 is 0 Å². The third-order valence-corrected chi connectivity index (χ3v) is 4.96. The fourth-order valence-electron chi connectivity index (χ4n) is 3.60. The molecule has 1 aliphatic rings. The molecule has 0 spiro atoms. The molecule has 6 heteroatoms. The number of piperidine rings is 1. The molecular weight excluding hydrogens is 302 g/mol. The molecule has 3 aromatic rings. The third kappa shape index (κ3) is 2.68. The molecule has 24 heavy (non-hydrogen) atoms. The van der Waals surface area contributed by atoms with E-state index in [1.165, 1.54) is 5.69 Å². The van der Waals surface area contributed by atoms with E-state index in [0.717, 1.165) is 42.5 Å². The quantitative estimate of drug-likeness (QED) is 0.804. The number of hydrogen-bond acceptors (Lipinski definition) is 3. The molecule has 1 amide bonds. The molecule has 1 fully saturated rings. The Hall–Kier alpha value is -2.63. The summed E-state index contributed by atoms with van der Waals surface area (Å²) < 4.78 is 1.85. The molecule has 1 aliphatic heterocycles. The second-order valence-corrected chi connectivity index (χ2v) is 6.43. The van der Waals surface area contributed by atoms with Crippen LogP contribution in [-0.2, 0) is 18.3 Å². The van der Waals surface area contributed by atoms with E-state index in [1.807, 2.05) is 47.1 Å². The average molecular weight is 323 g/mol. The number of fused-ring (bicyclic) bond motifs is 1. The average Bonchev–Trinajstić information content (AvgIpc) is 3.25. The zero-order chi connectivity index (χ0) is 16.5. The number of nitrogens with zero attached hydrogens (tertiary/aromatic N) is 4. The second-order valence-electron chi connectivity index (χ2n) is 6.43. The number of para-hydroxylation sites is 1. The summed E-state index contributed by atoms with van der Waals surface area (Å²) in [6.45, 7) is 1.60. The lowest BCUT2D eigenvalue weighted by Gasteiger charge is -2.31. The summed E-state index contributed by atoms with van der Waals surface area (Å²) in [7, 11) is 1.92. The second kappa shape index (κ2) is 6.11. The van der Waals surface area contributed by atoms with Gasteiger partial charge in [0.1, 0.15) is 0 Å². The minimum Gasteiger partial charge on any atom is -0.348 e. The van der Waals surface area contributed by atoms with Crippen molar-refractivity contribution >= 4 is 16.8 Å². The van der Waals surface area contributed by atoms with Crippen LogP contribution in [0.4, 0.5) is 0 Å². The molecule has 4 rings (SSSR count). The summed E-state index contributed by atoms with van der Waals surface area (Å²) in [6.07, 6.45) is 5.95. The fourth-order valence-corrected chi connectivity index (χ4v) is 3.60. The molecule has 2 aromatic heterocycles. The number of H-pyrrole nitrogens is 1. The molecule has 0 aliphatic carbocycles. The van der Waals surface area contributed by atoms with Crippen molar-refractivity contribution in [3.8, 4) is 0 Å². The van der Waals surface area contributed by atoms with Crippen molar-refractivity contribution < 1.29 is 4.79 Å². The van der Waals surface area contributed by atoms with Crippen LogP contribution in [0.3, 0.4) is 0 Å². The zero-order valence-corrected chi connectivity index (χ0v) is 13.8. The van der Waals surface area contributed by atoms with E-state index in [9.17, 15) is 4.79 Å². The van der Waals surface area contributed by atoms with Gasteiger partial charge in [0, 0.05) is 43.3 Å². The Bertz CT molecular complexity index is 844. The standard InChI is InChI=1S/C18H21N5O/c1-22-17-5-3-2-4-14(17)15(21-22)10-18(24)23-8-6-13(7-9-23)16-11-19-12-20-16/h2-5,11-13H,6-10H2,1H3,(H,19,20). The summed E-state index contributed by atoms with van der Waals surface area (Å²) in [6, 6.07) is 8.06. The van der Waals surface area contributed by atoms with Crippen molar-refractivity contribution in [1.29, 1.82) is 0 Å². The van der Waals surface area contributed by atoms with Crippen LogP contribution >= 0.6 is 0 Å². The number of carbonyl (C=O) groups is 1. The van der Waals surface area contributed by atoms with Crippen LogP contribution in [0.25, 0.3) is 10.9 Å². The van der Waals surface area contributed by atoms with Gasteiger partial charge < -0.3 is 9.88 Å². The molecule has 0 saturated carbocycles.